The summed E-state index contributed by atoms with van der Waals surface area (Å²) in [6.45, 7) is 3.04. The lowest BCUT2D eigenvalue weighted by molar-refractivity contribution is -0.137. The number of phenolic OH excluding ortho intramolecular Hbond substituents is 2. The lowest BCUT2D eigenvalue weighted by Gasteiger charge is -2.07. The Bertz CT molecular complexity index is 1220. The van der Waals surface area contributed by atoms with E-state index in [1.165, 1.54) is 19.1 Å². The molecule has 0 radical (unpaired) electrons. The minimum absolute atomic E-state index is 0.120. The van der Waals surface area contributed by atoms with Gasteiger partial charge in [-0.2, -0.15) is 18.3 Å². The number of halogens is 3. The number of hydrogen-bond donors (Lipinski definition) is 4. The number of nitrogens with zero attached hydrogens (tertiary/aromatic N) is 2. The minimum atomic E-state index is -4.49. The molecule has 0 atom stereocenters. The Labute approximate surface area is 173 Å². The van der Waals surface area contributed by atoms with Gasteiger partial charge in [0.15, 0.2) is 0 Å². The molecule has 1 aromatic heterocycles. The monoisotopic (exact) mass is 434 g/mol. The number of nitrogens with one attached hydrogen (secondary N) is 2. The van der Waals surface area contributed by atoms with Crippen molar-refractivity contribution in [2.45, 2.75) is 20.0 Å². The second-order valence-corrected chi connectivity index (χ2v) is 6.64. The average Bonchev–Trinajstić information content (AvgIpc) is 2.99. The van der Waals surface area contributed by atoms with Crippen molar-refractivity contribution in [3.05, 3.63) is 75.2 Å². The third kappa shape index (κ3) is 4.44. The normalized spacial score (nSPS) is 12.1. The van der Waals surface area contributed by atoms with Gasteiger partial charge < -0.3 is 10.2 Å². The standard InChI is InChI=1S/C20H17F3N4O4/c1-10(24-25-18(30)15-8-7-14(28)9-16(15)29)17-11(2)26-27(19(17)31)13-5-3-12(4-6-13)20(21,22)23/h3-9,26,28-29H,1-2H3,(H,25,30). The zero-order valence-corrected chi connectivity index (χ0v) is 16.3. The zero-order valence-electron chi connectivity index (χ0n) is 16.3. The number of aryl methyl sites for hydroxylation is 1. The van der Waals surface area contributed by atoms with E-state index in [-0.39, 0.29) is 28.3 Å². The summed E-state index contributed by atoms with van der Waals surface area (Å²) in [7, 11) is 0. The summed E-state index contributed by atoms with van der Waals surface area (Å²) in [5, 5.41) is 25.7. The highest BCUT2D eigenvalue weighted by molar-refractivity contribution is 6.02. The first-order chi connectivity index (χ1) is 14.5. The van der Waals surface area contributed by atoms with Crippen LogP contribution in [0.3, 0.4) is 0 Å². The van der Waals surface area contributed by atoms with Crippen LogP contribution in [0.5, 0.6) is 11.5 Å². The number of carbonyl (C=O) groups is 1. The number of aromatic hydroxyl groups is 2. The van der Waals surface area contributed by atoms with Crippen molar-refractivity contribution in [2.24, 2.45) is 5.10 Å². The molecule has 0 aliphatic rings. The first-order valence-corrected chi connectivity index (χ1v) is 8.85. The number of phenols is 2. The summed E-state index contributed by atoms with van der Waals surface area (Å²) in [6.07, 6.45) is -4.49. The summed E-state index contributed by atoms with van der Waals surface area (Å²) in [5.41, 5.74) is 1.49. The lowest BCUT2D eigenvalue weighted by Crippen LogP contribution is -2.23. The summed E-state index contributed by atoms with van der Waals surface area (Å²) in [5.74, 6) is -1.44. The van der Waals surface area contributed by atoms with Crippen molar-refractivity contribution in [3.8, 4) is 17.2 Å². The molecule has 0 saturated heterocycles. The van der Waals surface area contributed by atoms with Crippen molar-refractivity contribution in [1.29, 1.82) is 0 Å². The molecule has 3 aromatic rings. The minimum Gasteiger partial charge on any atom is -0.508 e. The van der Waals surface area contributed by atoms with Crippen LogP contribution in [0.4, 0.5) is 13.2 Å². The quantitative estimate of drug-likeness (QED) is 0.373. The molecule has 1 heterocycles. The number of rotatable bonds is 4. The molecule has 0 fully saturated rings. The molecule has 0 aliphatic carbocycles. The third-order valence-corrected chi connectivity index (χ3v) is 4.44. The van der Waals surface area contributed by atoms with Gasteiger partial charge >= 0.3 is 6.18 Å². The highest BCUT2D eigenvalue weighted by atomic mass is 19.4. The van der Waals surface area contributed by atoms with Crippen molar-refractivity contribution >= 4 is 11.6 Å². The number of aromatic amines is 1. The molecule has 1 amide bonds. The molecule has 0 spiro atoms. The van der Waals surface area contributed by atoms with E-state index >= 15 is 0 Å². The van der Waals surface area contributed by atoms with Crippen molar-refractivity contribution in [3.63, 3.8) is 0 Å². The maximum atomic E-state index is 12.8. The molecule has 0 bridgehead atoms. The number of hydrogen-bond acceptors (Lipinski definition) is 5. The van der Waals surface area contributed by atoms with Crippen LogP contribution in [-0.2, 0) is 6.18 Å². The van der Waals surface area contributed by atoms with Gasteiger partial charge in [0.1, 0.15) is 11.5 Å². The van der Waals surface area contributed by atoms with Crippen LogP contribution < -0.4 is 11.0 Å². The largest absolute Gasteiger partial charge is 0.508 e. The van der Waals surface area contributed by atoms with E-state index in [1.807, 2.05) is 0 Å². The molecule has 0 aliphatic heterocycles. The van der Waals surface area contributed by atoms with Gasteiger partial charge in [-0.05, 0) is 50.2 Å². The first-order valence-electron chi connectivity index (χ1n) is 8.85. The average molecular weight is 434 g/mol. The Kier molecular flexibility index (Phi) is 5.60. The fourth-order valence-corrected chi connectivity index (χ4v) is 2.92. The van der Waals surface area contributed by atoms with Crippen LogP contribution >= 0.6 is 0 Å². The molecule has 8 nitrogen and oxygen atoms in total. The highest BCUT2D eigenvalue weighted by Crippen LogP contribution is 2.29. The smallest absolute Gasteiger partial charge is 0.416 e. The van der Waals surface area contributed by atoms with Gasteiger partial charge in [-0.25, -0.2) is 10.1 Å². The summed E-state index contributed by atoms with van der Waals surface area (Å²) in [6, 6.07) is 7.45. The summed E-state index contributed by atoms with van der Waals surface area (Å²) < 4.78 is 39.3. The van der Waals surface area contributed by atoms with Gasteiger partial charge in [0.05, 0.1) is 28.1 Å². The summed E-state index contributed by atoms with van der Waals surface area (Å²) >= 11 is 0. The zero-order chi connectivity index (χ0) is 22.9. The fourth-order valence-electron chi connectivity index (χ4n) is 2.92. The predicted molar refractivity (Wildman–Crippen MR) is 106 cm³/mol. The van der Waals surface area contributed by atoms with Crippen LogP contribution in [0.15, 0.2) is 52.4 Å². The van der Waals surface area contributed by atoms with E-state index in [4.69, 9.17) is 0 Å². The van der Waals surface area contributed by atoms with Crippen LogP contribution in [-0.4, -0.2) is 31.6 Å². The second-order valence-electron chi connectivity index (χ2n) is 6.64. The Hall–Kier alpha value is -4.02. The van der Waals surface area contributed by atoms with Crippen LogP contribution in [0.25, 0.3) is 5.69 Å². The molecule has 0 unspecified atom stereocenters. The number of amides is 1. The number of carbonyl (C=O) groups excluding carboxylic acids is 1. The Morgan fingerprint density at radius 1 is 1.13 bits per heavy atom. The van der Waals surface area contributed by atoms with Crippen LogP contribution in [0.1, 0.15) is 34.1 Å². The molecule has 4 N–H and O–H groups in total. The molecular weight excluding hydrogens is 417 g/mol. The maximum absolute atomic E-state index is 12.8. The lowest BCUT2D eigenvalue weighted by atomic mass is 10.1. The fraction of sp³-hybridized carbons (Fsp3) is 0.150. The molecular formula is C20H17F3N4O4. The Balaban J connectivity index is 1.87. The summed E-state index contributed by atoms with van der Waals surface area (Å²) in [4.78, 5) is 24.9. The second kappa shape index (κ2) is 8.01. The van der Waals surface area contributed by atoms with E-state index < -0.39 is 29.0 Å². The number of alkyl halides is 3. The van der Waals surface area contributed by atoms with Crippen molar-refractivity contribution in [1.82, 2.24) is 15.2 Å². The topological polar surface area (TPSA) is 120 Å². The van der Waals surface area contributed by atoms with Gasteiger partial charge in [0, 0.05) is 11.8 Å². The van der Waals surface area contributed by atoms with Crippen molar-refractivity contribution in [2.75, 3.05) is 0 Å². The van der Waals surface area contributed by atoms with E-state index in [0.717, 1.165) is 35.0 Å². The molecule has 162 valence electrons. The van der Waals surface area contributed by atoms with E-state index in [0.29, 0.717) is 5.69 Å². The Morgan fingerprint density at radius 2 is 1.77 bits per heavy atom. The van der Waals surface area contributed by atoms with Crippen LogP contribution in [0, 0.1) is 6.92 Å². The number of aromatic nitrogens is 2. The van der Waals surface area contributed by atoms with E-state index in [9.17, 15) is 33.0 Å². The molecule has 11 heteroatoms. The van der Waals surface area contributed by atoms with Gasteiger partial charge in [0.25, 0.3) is 11.5 Å². The molecule has 2 aromatic carbocycles. The van der Waals surface area contributed by atoms with E-state index in [2.05, 4.69) is 15.6 Å². The molecule has 3 rings (SSSR count). The van der Waals surface area contributed by atoms with Gasteiger partial charge in [-0.15, -0.1) is 0 Å². The van der Waals surface area contributed by atoms with E-state index in [1.54, 1.807) is 6.92 Å². The van der Waals surface area contributed by atoms with Gasteiger partial charge in [-0.1, -0.05) is 0 Å². The number of hydrazone groups is 1. The Morgan fingerprint density at radius 3 is 2.35 bits per heavy atom. The number of H-pyrrole nitrogens is 1. The molecule has 31 heavy (non-hydrogen) atoms. The van der Waals surface area contributed by atoms with Gasteiger partial charge in [0.2, 0.25) is 0 Å². The SMILES string of the molecule is CC(=NNC(=O)c1ccc(O)cc1O)c1c(C)[nH]n(-c2ccc(C(F)(F)F)cc2)c1=O. The number of benzene rings is 2. The maximum Gasteiger partial charge on any atom is 0.416 e. The highest BCUT2D eigenvalue weighted by Gasteiger charge is 2.30. The molecule has 0 saturated carbocycles. The third-order valence-electron chi connectivity index (χ3n) is 4.44. The van der Waals surface area contributed by atoms with Gasteiger partial charge in [-0.3, -0.25) is 14.7 Å². The van der Waals surface area contributed by atoms with Crippen molar-refractivity contribution < 1.29 is 28.2 Å². The predicted octanol–water partition coefficient (Wildman–Crippen LogP) is 3.06. The van der Waals surface area contributed by atoms with Crippen LogP contribution in [0.2, 0.25) is 0 Å². The first kappa shape index (κ1) is 21.7.